The van der Waals surface area contributed by atoms with E-state index in [9.17, 15) is 9.59 Å². The van der Waals surface area contributed by atoms with Gasteiger partial charge in [-0.3, -0.25) is 0 Å². The van der Waals surface area contributed by atoms with Crippen molar-refractivity contribution in [3.63, 3.8) is 0 Å². The monoisotopic (exact) mass is 784 g/mol. The number of hydrogen-bond donors (Lipinski definition) is 0. The lowest BCUT2D eigenvalue weighted by Crippen LogP contribution is -2.58. The zero-order chi connectivity index (χ0) is 40.0. The zero-order valence-corrected chi connectivity index (χ0v) is 35.9. The van der Waals surface area contributed by atoms with Gasteiger partial charge in [0, 0.05) is 49.8 Å². The Balaban J connectivity index is 1.45. The highest BCUT2D eigenvalue weighted by atomic mass is 35.5. The third-order valence-corrected chi connectivity index (χ3v) is 15.5. The summed E-state index contributed by atoms with van der Waals surface area (Å²) in [6.07, 6.45) is -0.259. The number of anilines is 1. The molecule has 1 spiro atoms. The topological polar surface area (TPSA) is 133 Å². The van der Waals surface area contributed by atoms with Crippen molar-refractivity contribution in [1.82, 2.24) is 24.9 Å². The van der Waals surface area contributed by atoms with Crippen LogP contribution < -0.4 is 9.64 Å². The Morgan fingerprint density at radius 2 is 1.76 bits per heavy atom. The third-order valence-electron chi connectivity index (χ3n) is 10.7. The van der Waals surface area contributed by atoms with Crippen LogP contribution in [0.3, 0.4) is 0 Å². The molecule has 0 N–H and O–H groups in total. The lowest BCUT2D eigenvalue weighted by Gasteiger charge is -2.49. The summed E-state index contributed by atoms with van der Waals surface area (Å²) in [6, 6.07) is 5.43. The molecule has 15 heteroatoms. The van der Waals surface area contributed by atoms with Gasteiger partial charge in [-0.25, -0.2) is 19.6 Å². The van der Waals surface area contributed by atoms with Crippen molar-refractivity contribution in [2.75, 3.05) is 58.4 Å². The number of likely N-dealkylation sites (N-methyl/N-ethyl adjacent to an activating group) is 1. The van der Waals surface area contributed by atoms with Crippen molar-refractivity contribution >= 4 is 37.9 Å². The molecule has 2 aliphatic heterocycles. The van der Waals surface area contributed by atoms with Gasteiger partial charge in [0.25, 0.3) is 0 Å². The Hall–Kier alpha value is -3.88. The molecule has 13 nitrogen and oxygen atoms in total. The zero-order valence-electron chi connectivity index (χ0n) is 34.2. The van der Waals surface area contributed by atoms with Gasteiger partial charge in [-0.1, -0.05) is 37.5 Å². The molecule has 3 aromatic rings. The van der Waals surface area contributed by atoms with Gasteiger partial charge in [0.1, 0.15) is 29.5 Å². The van der Waals surface area contributed by atoms with Crippen LogP contribution in [0.4, 0.5) is 15.4 Å². The van der Waals surface area contributed by atoms with Gasteiger partial charge in [0.15, 0.2) is 14.1 Å². The van der Waals surface area contributed by atoms with Gasteiger partial charge < -0.3 is 37.9 Å². The fourth-order valence-electron chi connectivity index (χ4n) is 6.78. The van der Waals surface area contributed by atoms with E-state index in [1.807, 2.05) is 53.7 Å². The molecule has 2 saturated heterocycles. The lowest BCUT2D eigenvalue weighted by atomic mass is 9.79. The molecule has 54 heavy (non-hydrogen) atoms. The minimum atomic E-state index is -2.26. The lowest BCUT2D eigenvalue weighted by molar-refractivity contribution is 0.0172. The van der Waals surface area contributed by atoms with Crippen LogP contribution in [-0.4, -0.2) is 111 Å². The van der Waals surface area contributed by atoms with Crippen LogP contribution in [0.25, 0.3) is 22.6 Å². The Kier molecular flexibility index (Phi) is 11.7. The van der Waals surface area contributed by atoms with E-state index >= 15 is 0 Å². The number of hydrogen-bond acceptors (Lipinski definition) is 11. The number of carbonyl (C=O) groups excluding carboxylic acids is 2. The number of benzene rings is 1. The van der Waals surface area contributed by atoms with Crippen LogP contribution in [0.15, 0.2) is 22.7 Å². The Morgan fingerprint density at radius 1 is 1.07 bits per heavy atom. The first-order chi connectivity index (χ1) is 25.0. The quantitative estimate of drug-likeness (QED) is 0.184. The van der Waals surface area contributed by atoms with E-state index < -0.39 is 26.1 Å². The average Bonchev–Trinajstić information content (AvgIpc) is 3.65. The maximum absolute atomic E-state index is 12.9. The van der Waals surface area contributed by atoms with Crippen LogP contribution in [-0.2, 0) is 13.9 Å². The van der Waals surface area contributed by atoms with Crippen molar-refractivity contribution in [1.29, 1.82) is 0 Å². The van der Waals surface area contributed by atoms with Crippen molar-refractivity contribution in [3.8, 4) is 28.4 Å². The first-order valence-electron chi connectivity index (χ1n) is 18.5. The highest BCUT2D eigenvalue weighted by Crippen LogP contribution is 2.45. The number of aryl methyl sites for hydroxylation is 2. The first-order valence-corrected chi connectivity index (χ1v) is 21.8. The van der Waals surface area contributed by atoms with Crippen LogP contribution in [0.5, 0.6) is 5.75 Å². The SMILES string of the molecule is COC(=O)N1CCC2(C1)CN(c1nc(-c3cc(OCC(CN(C)C(=O)OC(C)(C)C)O[Si](C)(C)C(C)(C)C)ccc3Cl)nc(-c3c(C)noc3C)c1C)C2. The Labute approximate surface area is 325 Å². The molecule has 0 bridgehead atoms. The van der Waals surface area contributed by atoms with E-state index in [1.54, 1.807) is 18.0 Å². The fourth-order valence-corrected chi connectivity index (χ4v) is 8.31. The summed E-state index contributed by atoms with van der Waals surface area (Å²) in [6.45, 7) is 25.5. The summed E-state index contributed by atoms with van der Waals surface area (Å²) in [5.74, 6) is 2.43. The molecule has 296 valence electrons. The molecule has 2 aromatic heterocycles. The number of amides is 2. The number of methoxy groups -OCH3 is 1. The van der Waals surface area contributed by atoms with Crippen LogP contribution in [0, 0.1) is 26.2 Å². The predicted molar refractivity (Wildman–Crippen MR) is 212 cm³/mol. The summed E-state index contributed by atoms with van der Waals surface area (Å²) in [5, 5.41) is 4.62. The molecular weight excluding hydrogens is 728 g/mol. The number of carbonyl (C=O) groups is 2. The molecule has 4 heterocycles. The maximum atomic E-state index is 12.9. The molecule has 0 radical (unpaired) electrons. The minimum Gasteiger partial charge on any atom is -0.491 e. The normalized spacial score (nSPS) is 16.3. The molecule has 0 saturated carbocycles. The number of likely N-dealkylation sites (tertiary alicyclic amines) is 1. The van der Waals surface area contributed by atoms with E-state index in [4.69, 9.17) is 44.7 Å². The second-order valence-corrected chi connectivity index (χ2v) is 22.5. The second kappa shape index (κ2) is 15.3. The van der Waals surface area contributed by atoms with E-state index in [0.717, 1.165) is 42.1 Å². The standard InChI is InChI=1S/C39H57ClN6O7Si/c1-24-32(31-25(2)43-52-26(31)3)41-33(42-34(24)46-22-39(23-46)16-17-45(21-39)36(48)49-11)29-18-27(14-15-30(29)40)50-20-28(53-54(12,13)38(7,8)9)19-44(10)35(47)51-37(4,5)6/h14-15,18,28H,16-17,19-23H2,1-13H3. The Bertz CT molecular complexity index is 1850. The summed E-state index contributed by atoms with van der Waals surface area (Å²) < 4.78 is 29.4. The van der Waals surface area contributed by atoms with E-state index in [1.165, 1.54) is 12.0 Å². The number of aromatic nitrogens is 3. The van der Waals surface area contributed by atoms with Crippen LogP contribution >= 0.6 is 11.6 Å². The molecule has 1 unspecified atom stereocenters. The highest BCUT2D eigenvalue weighted by molar-refractivity contribution is 6.74. The molecule has 1 atom stereocenters. The van der Waals surface area contributed by atoms with Crippen molar-refractivity contribution in [3.05, 3.63) is 40.2 Å². The molecule has 2 amide bonds. The maximum Gasteiger partial charge on any atom is 0.410 e. The summed E-state index contributed by atoms with van der Waals surface area (Å²) >= 11 is 6.90. The van der Waals surface area contributed by atoms with Gasteiger partial charge in [-0.15, -0.1) is 0 Å². The summed E-state index contributed by atoms with van der Waals surface area (Å²) in [4.78, 5) is 40.9. The molecule has 1 aromatic carbocycles. The number of halogens is 1. The van der Waals surface area contributed by atoms with Crippen molar-refractivity contribution in [2.24, 2.45) is 5.41 Å². The Morgan fingerprint density at radius 3 is 2.35 bits per heavy atom. The largest absolute Gasteiger partial charge is 0.491 e. The molecule has 0 aliphatic carbocycles. The van der Waals surface area contributed by atoms with Gasteiger partial charge in [-0.2, -0.15) is 0 Å². The molecule has 2 fully saturated rings. The van der Waals surface area contributed by atoms with Gasteiger partial charge in [0.05, 0.1) is 41.7 Å². The van der Waals surface area contributed by atoms with Gasteiger partial charge in [0.2, 0.25) is 0 Å². The predicted octanol–water partition coefficient (Wildman–Crippen LogP) is 8.29. The third kappa shape index (κ3) is 8.97. The van der Waals surface area contributed by atoms with Crippen molar-refractivity contribution in [2.45, 2.75) is 98.6 Å². The minimum absolute atomic E-state index is 0.0269. The van der Waals surface area contributed by atoms with Crippen LogP contribution in [0.1, 0.15) is 65.0 Å². The molecular formula is C39H57ClN6O7Si. The second-order valence-electron chi connectivity index (χ2n) is 17.4. The molecule has 5 rings (SSSR count). The average molecular weight is 785 g/mol. The first kappa shape index (κ1) is 41.3. The van der Waals surface area contributed by atoms with Gasteiger partial charge >= 0.3 is 12.2 Å². The fraction of sp³-hybridized carbons (Fsp3) is 0.615. The molecule has 2 aliphatic rings. The highest BCUT2D eigenvalue weighted by Gasteiger charge is 2.50. The van der Waals surface area contributed by atoms with E-state index in [-0.39, 0.29) is 29.7 Å². The van der Waals surface area contributed by atoms with Gasteiger partial charge in [-0.05, 0) is 84.3 Å². The number of rotatable bonds is 10. The summed E-state index contributed by atoms with van der Waals surface area (Å²) in [7, 11) is 0.870. The van der Waals surface area contributed by atoms with Crippen molar-refractivity contribution < 1.29 is 32.7 Å². The smallest absolute Gasteiger partial charge is 0.410 e. The van der Waals surface area contributed by atoms with E-state index in [0.29, 0.717) is 46.7 Å². The van der Waals surface area contributed by atoms with E-state index in [2.05, 4.69) is 43.9 Å². The van der Waals surface area contributed by atoms with Crippen LogP contribution in [0.2, 0.25) is 23.2 Å². The number of ether oxygens (including phenoxy) is 3. The number of nitrogens with zero attached hydrogens (tertiary/aromatic N) is 6. The summed E-state index contributed by atoms with van der Waals surface area (Å²) in [5.41, 5.74) is 3.10.